The molecule has 1 fully saturated rings. The highest BCUT2D eigenvalue weighted by Crippen LogP contribution is 2.17. The molecule has 1 aromatic carbocycles. The molecule has 2 rings (SSSR count). The van der Waals surface area contributed by atoms with Crippen LogP contribution in [0.3, 0.4) is 0 Å². The van der Waals surface area contributed by atoms with Crippen molar-refractivity contribution in [2.24, 2.45) is 0 Å². The summed E-state index contributed by atoms with van der Waals surface area (Å²) in [7, 11) is 0. The molecule has 0 spiro atoms. The van der Waals surface area contributed by atoms with Crippen molar-refractivity contribution in [1.82, 2.24) is 10.2 Å². The molecule has 128 valence electrons. The molecular formula is C18H28N2O3. The second-order valence-corrected chi connectivity index (χ2v) is 7.13. The molecule has 5 nitrogen and oxygen atoms in total. The smallest absolute Gasteiger partial charge is 0.407 e. The van der Waals surface area contributed by atoms with Gasteiger partial charge in [0.05, 0.1) is 6.10 Å². The normalized spacial score (nSPS) is 17.0. The minimum atomic E-state index is -0.488. The van der Waals surface area contributed by atoms with Gasteiger partial charge in [-0.15, -0.1) is 0 Å². The molecule has 1 aromatic rings. The summed E-state index contributed by atoms with van der Waals surface area (Å²) in [6.07, 6.45) is 1.11. The predicted molar refractivity (Wildman–Crippen MR) is 90.0 cm³/mol. The molecule has 1 aliphatic heterocycles. The molecule has 23 heavy (non-hydrogen) atoms. The fourth-order valence-electron chi connectivity index (χ4n) is 2.68. The van der Waals surface area contributed by atoms with Crippen LogP contribution in [0.15, 0.2) is 24.3 Å². The first-order chi connectivity index (χ1) is 10.8. The Bertz CT molecular complexity index is 517. The number of carbonyl (C=O) groups excluding carboxylic acids is 1. The Morgan fingerprint density at radius 2 is 1.87 bits per heavy atom. The molecule has 1 saturated heterocycles. The lowest BCUT2D eigenvalue weighted by atomic mass is 10.0. The number of amides is 1. The van der Waals surface area contributed by atoms with Crippen LogP contribution >= 0.6 is 0 Å². The molecular weight excluding hydrogens is 292 g/mol. The van der Waals surface area contributed by atoms with Gasteiger partial charge in [0.15, 0.2) is 0 Å². The molecule has 0 aliphatic carbocycles. The highest BCUT2D eigenvalue weighted by molar-refractivity contribution is 5.67. The van der Waals surface area contributed by atoms with Crippen LogP contribution < -0.4 is 5.32 Å². The summed E-state index contributed by atoms with van der Waals surface area (Å²) in [5, 5.41) is 12.4. The number of aliphatic hydroxyl groups excluding tert-OH is 1. The van der Waals surface area contributed by atoms with E-state index in [1.165, 1.54) is 5.56 Å². The molecule has 2 N–H and O–H groups in total. The third-order valence-corrected chi connectivity index (χ3v) is 3.89. The number of carbonyl (C=O) groups is 1. The number of nitrogens with zero attached hydrogens (tertiary/aromatic N) is 1. The largest absolute Gasteiger partial charge is 0.444 e. The number of aliphatic hydroxyl groups is 1. The van der Waals surface area contributed by atoms with Gasteiger partial charge in [-0.2, -0.15) is 0 Å². The molecule has 0 saturated carbocycles. The molecule has 5 heteroatoms. The first-order valence-corrected chi connectivity index (χ1v) is 8.27. The van der Waals surface area contributed by atoms with Gasteiger partial charge in [0.1, 0.15) is 5.60 Å². The van der Waals surface area contributed by atoms with Gasteiger partial charge >= 0.3 is 6.09 Å². The van der Waals surface area contributed by atoms with Gasteiger partial charge in [-0.05, 0) is 44.7 Å². The topological polar surface area (TPSA) is 61.8 Å². The standard InChI is InChI=1S/C18H28N2O3/c1-18(2,3)23-17(22)19-12-14-6-4-5-7-15(14)13-20-10-8-16(21)9-11-20/h4-7,16,21H,8-13H2,1-3H3,(H,19,22). The number of rotatable bonds is 4. The Hall–Kier alpha value is -1.59. The number of likely N-dealkylation sites (tertiary alicyclic amines) is 1. The van der Waals surface area contributed by atoms with E-state index in [9.17, 15) is 9.90 Å². The van der Waals surface area contributed by atoms with Crippen LogP contribution in [0.5, 0.6) is 0 Å². The van der Waals surface area contributed by atoms with E-state index in [2.05, 4.69) is 16.3 Å². The fraction of sp³-hybridized carbons (Fsp3) is 0.611. The maximum absolute atomic E-state index is 11.8. The minimum Gasteiger partial charge on any atom is -0.444 e. The van der Waals surface area contributed by atoms with E-state index in [1.807, 2.05) is 39.0 Å². The van der Waals surface area contributed by atoms with E-state index in [4.69, 9.17) is 4.74 Å². The van der Waals surface area contributed by atoms with Crippen LogP contribution in [-0.4, -0.2) is 40.9 Å². The van der Waals surface area contributed by atoms with Crippen molar-refractivity contribution in [3.8, 4) is 0 Å². The monoisotopic (exact) mass is 320 g/mol. The van der Waals surface area contributed by atoms with Gasteiger partial charge in [-0.1, -0.05) is 24.3 Å². The Balaban J connectivity index is 1.91. The van der Waals surface area contributed by atoms with Crippen molar-refractivity contribution in [1.29, 1.82) is 0 Å². The van der Waals surface area contributed by atoms with Crippen LogP contribution in [0.2, 0.25) is 0 Å². The summed E-state index contributed by atoms with van der Waals surface area (Å²) in [5.41, 5.74) is 1.82. The Morgan fingerprint density at radius 3 is 2.48 bits per heavy atom. The average Bonchev–Trinajstić information content (AvgIpc) is 2.47. The average molecular weight is 320 g/mol. The zero-order valence-electron chi connectivity index (χ0n) is 14.3. The first-order valence-electron chi connectivity index (χ1n) is 8.27. The molecule has 1 aliphatic rings. The van der Waals surface area contributed by atoms with Crippen molar-refractivity contribution >= 4 is 6.09 Å². The molecule has 1 amide bonds. The molecule has 0 atom stereocenters. The van der Waals surface area contributed by atoms with Gasteiger partial charge in [-0.3, -0.25) is 4.90 Å². The Morgan fingerprint density at radius 1 is 1.26 bits per heavy atom. The fourth-order valence-corrected chi connectivity index (χ4v) is 2.68. The summed E-state index contributed by atoms with van der Waals surface area (Å²) in [6.45, 7) is 8.69. The molecule has 1 heterocycles. The van der Waals surface area contributed by atoms with E-state index in [1.54, 1.807) is 0 Å². The lowest BCUT2D eigenvalue weighted by molar-refractivity contribution is 0.0522. The highest BCUT2D eigenvalue weighted by Gasteiger charge is 2.19. The second kappa shape index (κ2) is 7.79. The van der Waals surface area contributed by atoms with Crippen molar-refractivity contribution in [2.45, 2.75) is 58.4 Å². The Labute approximate surface area is 138 Å². The SMILES string of the molecule is CC(C)(C)OC(=O)NCc1ccccc1CN1CCC(O)CC1. The highest BCUT2D eigenvalue weighted by atomic mass is 16.6. The lowest BCUT2D eigenvalue weighted by Gasteiger charge is -2.30. The van der Waals surface area contributed by atoms with Crippen LogP contribution in [0, 0.1) is 0 Å². The number of hydrogen-bond acceptors (Lipinski definition) is 4. The summed E-state index contributed by atoms with van der Waals surface area (Å²) in [5.74, 6) is 0. The summed E-state index contributed by atoms with van der Waals surface area (Å²) >= 11 is 0. The van der Waals surface area contributed by atoms with Gasteiger partial charge in [-0.25, -0.2) is 4.79 Å². The van der Waals surface area contributed by atoms with E-state index >= 15 is 0 Å². The van der Waals surface area contributed by atoms with Crippen LogP contribution in [0.1, 0.15) is 44.7 Å². The van der Waals surface area contributed by atoms with Gasteiger partial charge < -0.3 is 15.2 Å². The van der Waals surface area contributed by atoms with Crippen molar-refractivity contribution in [3.63, 3.8) is 0 Å². The van der Waals surface area contributed by atoms with Crippen molar-refractivity contribution < 1.29 is 14.6 Å². The van der Waals surface area contributed by atoms with E-state index in [0.717, 1.165) is 38.0 Å². The Kier molecular flexibility index (Phi) is 6.02. The molecule has 0 aromatic heterocycles. The van der Waals surface area contributed by atoms with Crippen LogP contribution in [0.4, 0.5) is 4.79 Å². The molecule has 0 radical (unpaired) electrons. The second-order valence-electron chi connectivity index (χ2n) is 7.13. The summed E-state index contributed by atoms with van der Waals surface area (Å²) < 4.78 is 5.27. The third kappa shape index (κ3) is 6.20. The predicted octanol–water partition coefficient (Wildman–Crippen LogP) is 2.67. The third-order valence-electron chi connectivity index (χ3n) is 3.89. The van der Waals surface area contributed by atoms with E-state index in [-0.39, 0.29) is 6.10 Å². The number of nitrogens with one attached hydrogen (secondary N) is 1. The number of ether oxygens (including phenoxy) is 1. The number of hydrogen-bond donors (Lipinski definition) is 2. The van der Waals surface area contributed by atoms with Gasteiger partial charge in [0, 0.05) is 26.2 Å². The van der Waals surface area contributed by atoms with Gasteiger partial charge in [0.25, 0.3) is 0 Å². The quantitative estimate of drug-likeness (QED) is 0.895. The number of benzene rings is 1. The van der Waals surface area contributed by atoms with Crippen LogP contribution in [0.25, 0.3) is 0 Å². The van der Waals surface area contributed by atoms with E-state index < -0.39 is 11.7 Å². The van der Waals surface area contributed by atoms with Crippen molar-refractivity contribution in [2.75, 3.05) is 13.1 Å². The summed E-state index contributed by atoms with van der Waals surface area (Å²) in [4.78, 5) is 14.1. The maximum Gasteiger partial charge on any atom is 0.407 e. The molecule has 0 bridgehead atoms. The zero-order valence-corrected chi connectivity index (χ0v) is 14.3. The number of alkyl carbamates (subject to hydrolysis) is 1. The number of piperidine rings is 1. The first kappa shape index (κ1) is 17.8. The molecule has 0 unspecified atom stereocenters. The van der Waals surface area contributed by atoms with E-state index in [0.29, 0.717) is 6.54 Å². The van der Waals surface area contributed by atoms with Crippen molar-refractivity contribution in [3.05, 3.63) is 35.4 Å². The van der Waals surface area contributed by atoms with Crippen LogP contribution in [-0.2, 0) is 17.8 Å². The van der Waals surface area contributed by atoms with Gasteiger partial charge in [0.2, 0.25) is 0 Å². The minimum absolute atomic E-state index is 0.157. The zero-order chi connectivity index (χ0) is 16.9. The maximum atomic E-state index is 11.8. The lowest BCUT2D eigenvalue weighted by Crippen LogP contribution is -2.36. The summed E-state index contributed by atoms with van der Waals surface area (Å²) in [6, 6.07) is 8.13.